The number of unbranched alkanes of at least 4 members (excludes halogenated alkanes) is 9. The molecule has 0 aliphatic heterocycles. The number of hydrogen-bond acceptors (Lipinski definition) is 10. The highest BCUT2D eigenvalue weighted by molar-refractivity contribution is 6.11. The molecule has 0 saturated heterocycles. The van der Waals surface area contributed by atoms with Crippen LogP contribution in [0.3, 0.4) is 0 Å². The van der Waals surface area contributed by atoms with Crippen LogP contribution in [0.1, 0.15) is 212 Å². The highest BCUT2D eigenvalue weighted by Crippen LogP contribution is 2.51. The van der Waals surface area contributed by atoms with Crippen LogP contribution in [-0.2, 0) is 18.9 Å². The third kappa shape index (κ3) is 20.2. The molecule has 2 aromatic carbocycles. The van der Waals surface area contributed by atoms with Gasteiger partial charge < -0.3 is 42.6 Å². The molecule has 0 heterocycles. The number of hydrogen-bond donors (Lipinski definition) is 0. The lowest BCUT2D eigenvalue weighted by Gasteiger charge is -2.47. The minimum absolute atomic E-state index is 0.0134. The van der Waals surface area contributed by atoms with Gasteiger partial charge in [0.2, 0.25) is 0 Å². The van der Waals surface area contributed by atoms with E-state index >= 15 is 4.79 Å². The number of ether oxygens (including phenoxy) is 9. The van der Waals surface area contributed by atoms with Crippen molar-refractivity contribution in [1.82, 2.24) is 0 Å². The molecule has 5 unspecified atom stereocenters. The molecule has 0 aromatic heterocycles. The van der Waals surface area contributed by atoms with E-state index in [1.54, 1.807) is 6.08 Å². The summed E-state index contributed by atoms with van der Waals surface area (Å²) >= 11 is 0. The van der Waals surface area contributed by atoms with E-state index in [0.717, 1.165) is 127 Å². The van der Waals surface area contributed by atoms with Gasteiger partial charge in [-0.25, -0.2) is 0 Å². The number of rotatable bonds is 41. The quantitative estimate of drug-likeness (QED) is 0.0364. The molecular formula is C58H96O10. The van der Waals surface area contributed by atoms with Gasteiger partial charge in [-0.05, 0) is 88.0 Å². The fourth-order valence-electron chi connectivity index (χ4n) is 8.26. The molecule has 10 nitrogen and oxygen atoms in total. The minimum Gasteiger partial charge on any atom is -0.493 e. The van der Waals surface area contributed by atoms with Crippen LogP contribution >= 0.6 is 0 Å². The molecule has 1 aliphatic carbocycles. The molecule has 2 aromatic rings. The summed E-state index contributed by atoms with van der Waals surface area (Å²) in [5.74, 6) is 2.54. The Bertz CT molecular complexity index is 1640. The van der Waals surface area contributed by atoms with E-state index in [2.05, 4.69) is 62.3 Å². The zero-order chi connectivity index (χ0) is 49.2. The zero-order valence-corrected chi connectivity index (χ0v) is 44.4. The lowest BCUT2D eigenvalue weighted by Crippen LogP contribution is -2.55. The summed E-state index contributed by atoms with van der Waals surface area (Å²) in [6.07, 6.45) is 20.4. The maximum atomic E-state index is 15.2. The first-order valence-corrected chi connectivity index (χ1v) is 27.5. The van der Waals surface area contributed by atoms with Gasteiger partial charge in [0.05, 0.1) is 51.8 Å². The molecule has 0 amide bonds. The Kier molecular flexibility index (Phi) is 31.8. The van der Waals surface area contributed by atoms with E-state index in [1.165, 1.54) is 0 Å². The summed E-state index contributed by atoms with van der Waals surface area (Å²) in [7, 11) is 0. The standard InChI is InChI=1S/C58H96O10/c1-10-19-32-60-44-46-42-47(56(66-38-25-16-7)58(68-40-27-18-9)55(46)65-37-24-15-6)53-51(63-35-22-13-4)43-52(64-36-23-14-5)54(57(53)67-39-26-17-8)48(59)30-28-45-29-31-49(61-33-20-11-2)50(41-45)62-34-21-12-3/h28-31,41,43,46-47,55-56,58H,10-27,32-40,42,44H2,1-9H3/b30-28+. The molecule has 0 bridgehead atoms. The smallest absolute Gasteiger partial charge is 0.193 e. The Labute approximate surface area is 414 Å². The summed E-state index contributed by atoms with van der Waals surface area (Å²) < 4.78 is 60.5. The first-order valence-electron chi connectivity index (χ1n) is 27.5. The van der Waals surface area contributed by atoms with E-state index in [4.69, 9.17) is 42.6 Å². The van der Waals surface area contributed by atoms with Gasteiger partial charge in [-0.2, -0.15) is 0 Å². The average molecular weight is 953 g/mol. The Morgan fingerprint density at radius 1 is 0.485 bits per heavy atom. The highest BCUT2D eigenvalue weighted by atomic mass is 16.6. The summed E-state index contributed by atoms with van der Waals surface area (Å²) in [6.45, 7) is 25.1. The van der Waals surface area contributed by atoms with Crippen LogP contribution in [-0.4, -0.2) is 90.2 Å². The first kappa shape index (κ1) is 59.0. The zero-order valence-electron chi connectivity index (χ0n) is 44.4. The van der Waals surface area contributed by atoms with Crippen molar-refractivity contribution in [3.8, 4) is 28.7 Å². The molecule has 0 N–H and O–H groups in total. The summed E-state index contributed by atoms with van der Waals surface area (Å²) in [6, 6.07) is 7.85. The van der Waals surface area contributed by atoms with Gasteiger partial charge in [0, 0.05) is 49.9 Å². The van der Waals surface area contributed by atoms with Gasteiger partial charge in [-0.15, -0.1) is 0 Å². The monoisotopic (exact) mass is 953 g/mol. The van der Waals surface area contributed by atoms with E-state index < -0.39 is 6.10 Å². The largest absolute Gasteiger partial charge is 0.493 e. The van der Waals surface area contributed by atoms with Crippen molar-refractivity contribution in [3.05, 3.63) is 47.0 Å². The van der Waals surface area contributed by atoms with E-state index in [0.29, 0.717) is 107 Å². The third-order valence-electron chi connectivity index (χ3n) is 12.5. The Hall–Kier alpha value is -3.31. The van der Waals surface area contributed by atoms with Crippen molar-refractivity contribution < 1.29 is 47.4 Å². The van der Waals surface area contributed by atoms with Gasteiger partial charge in [0.15, 0.2) is 17.3 Å². The Morgan fingerprint density at radius 2 is 0.941 bits per heavy atom. The molecule has 10 heteroatoms. The molecule has 1 fully saturated rings. The predicted molar refractivity (Wildman–Crippen MR) is 279 cm³/mol. The molecule has 5 atom stereocenters. The van der Waals surface area contributed by atoms with E-state index in [9.17, 15) is 0 Å². The fourth-order valence-corrected chi connectivity index (χ4v) is 8.26. The Morgan fingerprint density at radius 3 is 1.50 bits per heavy atom. The summed E-state index contributed by atoms with van der Waals surface area (Å²) in [4.78, 5) is 15.2. The van der Waals surface area contributed by atoms with E-state index in [1.807, 2.05) is 30.3 Å². The number of carbonyl (C=O) groups excluding carboxylic acids is 1. The molecule has 1 saturated carbocycles. The van der Waals surface area contributed by atoms with Crippen molar-refractivity contribution in [2.75, 3.05) is 66.1 Å². The lowest BCUT2D eigenvalue weighted by atomic mass is 9.71. The van der Waals surface area contributed by atoms with Crippen molar-refractivity contribution in [2.45, 2.75) is 209 Å². The topological polar surface area (TPSA) is 100 Å². The van der Waals surface area contributed by atoms with Crippen LogP contribution in [0.15, 0.2) is 30.3 Å². The summed E-state index contributed by atoms with van der Waals surface area (Å²) in [5.41, 5.74) is 2.07. The molecule has 3 rings (SSSR count). The number of allylic oxidation sites excluding steroid dienone is 1. The van der Waals surface area contributed by atoms with Crippen LogP contribution in [0.25, 0.3) is 6.08 Å². The average Bonchev–Trinajstić information content (AvgIpc) is 3.34. The highest BCUT2D eigenvalue weighted by Gasteiger charge is 2.50. The van der Waals surface area contributed by atoms with Crippen LogP contribution < -0.4 is 23.7 Å². The fraction of sp³-hybridized carbons (Fsp3) is 0.741. The predicted octanol–water partition coefficient (Wildman–Crippen LogP) is 15.0. The van der Waals surface area contributed by atoms with Gasteiger partial charge in [0.1, 0.15) is 28.9 Å². The SMILES string of the molecule is CCCCOCC1CC(c2c(OCCCC)cc(OCCCC)c(C(=O)/C=C/c3ccc(OCCCC)c(OCCCC)c3)c2OCCCC)C(OCCCC)C(OCCCC)C1OCCCC. The van der Waals surface area contributed by atoms with Crippen LogP contribution in [0.2, 0.25) is 0 Å². The maximum absolute atomic E-state index is 15.2. The molecular weight excluding hydrogens is 857 g/mol. The van der Waals surface area contributed by atoms with Crippen molar-refractivity contribution in [2.24, 2.45) is 5.92 Å². The van der Waals surface area contributed by atoms with Gasteiger partial charge in [-0.1, -0.05) is 132 Å². The number of carbonyl (C=O) groups is 1. The van der Waals surface area contributed by atoms with Crippen molar-refractivity contribution in [1.29, 1.82) is 0 Å². The molecule has 388 valence electrons. The maximum Gasteiger partial charge on any atom is 0.193 e. The van der Waals surface area contributed by atoms with Gasteiger partial charge in [0.25, 0.3) is 0 Å². The second kappa shape index (κ2) is 36.6. The number of ketones is 1. The van der Waals surface area contributed by atoms with Crippen molar-refractivity contribution in [3.63, 3.8) is 0 Å². The minimum atomic E-state index is -0.409. The lowest BCUT2D eigenvalue weighted by molar-refractivity contribution is -0.191. The van der Waals surface area contributed by atoms with Crippen LogP contribution in [0.4, 0.5) is 0 Å². The van der Waals surface area contributed by atoms with Gasteiger partial charge in [-0.3, -0.25) is 4.79 Å². The second-order valence-electron chi connectivity index (χ2n) is 18.5. The molecule has 0 radical (unpaired) electrons. The van der Waals surface area contributed by atoms with Crippen LogP contribution in [0.5, 0.6) is 28.7 Å². The first-order chi connectivity index (χ1) is 33.4. The van der Waals surface area contributed by atoms with Crippen molar-refractivity contribution >= 4 is 11.9 Å². The molecule has 68 heavy (non-hydrogen) atoms. The van der Waals surface area contributed by atoms with E-state index in [-0.39, 0.29) is 29.8 Å². The normalized spacial score (nSPS) is 18.3. The molecule has 0 spiro atoms. The van der Waals surface area contributed by atoms with Gasteiger partial charge >= 0.3 is 0 Å². The second-order valence-corrected chi connectivity index (χ2v) is 18.5. The number of benzene rings is 2. The molecule has 1 aliphatic rings. The Balaban J connectivity index is 2.40. The third-order valence-corrected chi connectivity index (χ3v) is 12.5. The summed E-state index contributed by atoms with van der Waals surface area (Å²) in [5, 5.41) is 0. The van der Waals surface area contributed by atoms with Crippen LogP contribution in [0, 0.1) is 5.92 Å².